The van der Waals surface area contributed by atoms with Crippen molar-refractivity contribution in [3.8, 4) is 17.2 Å². The molecule has 0 bridgehead atoms. The minimum absolute atomic E-state index is 0.658. The van der Waals surface area contributed by atoms with Crippen molar-refractivity contribution < 1.29 is 0 Å². The first-order valence-electron chi connectivity index (χ1n) is 20.6. The summed E-state index contributed by atoms with van der Waals surface area (Å²) in [6.07, 6.45) is 7.35. The van der Waals surface area contributed by atoms with Crippen molar-refractivity contribution >= 4 is 71.4 Å². The average Bonchev–Trinajstić information content (AvgIpc) is 3.73. The van der Waals surface area contributed by atoms with Crippen molar-refractivity contribution in [1.82, 2.24) is 0 Å². The molecule has 0 spiro atoms. The van der Waals surface area contributed by atoms with Crippen LogP contribution >= 0.6 is 0 Å². The van der Waals surface area contributed by atoms with E-state index in [-0.39, 0.29) is 0 Å². The monoisotopic (exact) mass is 745 g/mol. The van der Waals surface area contributed by atoms with Crippen LogP contribution in [0.3, 0.4) is 0 Å². The standard InChI is InChI=1S/C53H37N3.C2H6/c54-34-43-10-4-6-12-50(43)56(44-23-15-36(16-24-44)42-14-13-35-7-1-2-9-41(35)33-42)45-25-17-37(18-26-45)46-27-19-39-21-29-48-51(55-32-31-38-8-3-5-11-49(38)55)30-22-40-20-28-47(46)52(39)53(40)48;1-2/h1-15,17-23,25-30,33H,16,24,31-32H2;1-2H3. The molecule has 0 N–H and O–H groups in total. The summed E-state index contributed by atoms with van der Waals surface area (Å²) >= 11 is 0. The minimum atomic E-state index is 0.658. The number of nitriles is 1. The molecule has 9 aromatic rings. The maximum Gasteiger partial charge on any atom is 0.101 e. The molecule has 3 nitrogen and oxygen atoms in total. The van der Waals surface area contributed by atoms with E-state index in [1.165, 1.54) is 88.0 Å². The highest BCUT2D eigenvalue weighted by Crippen LogP contribution is 2.46. The molecule has 1 aliphatic carbocycles. The van der Waals surface area contributed by atoms with Crippen LogP contribution in [0.25, 0.3) is 59.8 Å². The third kappa shape index (κ3) is 5.89. The van der Waals surface area contributed by atoms with E-state index in [4.69, 9.17) is 0 Å². The quantitative estimate of drug-likeness (QED) is 0.159. The second-order valence-corrected chi connectivity index (χ2v) is 15.1. The molecule has 278 valence electrons. The Kier molecular flexibility index (Phi) is 8.96. The van der Waals surface area contributed by atoms with Gasteiger partial charge >= 0.3 is 0 Å². The fourth-order valence-corrected chi connectivity index (χ4v) is 9.32. The van der Waals surface area contributed by atoms with Gasteiger partial charge in [-0.1, -0.05) is 141 Å². The molecule has 0 saturated heterocycles. The highest BCUT2D eigenvalue weighted by atomic mass is 15.2. The molecule has 0 fully saturated rings. The van der Waals surface area contributed by atoms with E-state index < -0.39 is 0 Å². The first-order chi connectivity index (χ1) is 28.7. The van der Waals surface area contributed by atoms with Crippen LogP contribution in [-0.2, 0) is 6.42 Å². The molecule has 0 radical (unpaired) electrons. The van der Waals surface area contributed by atoms with Gasteiger partial charge in [-0.15, -0.1) is 0 Å². The molecule has 1 heterocycles. The molecular formula is C55H43N3. The van der Waals surface area contributed by atoms with Crippen LogP contribution in [0.15, 0.2) is 182 Å². The van der Waals surface area contributed by atoms with Crippen LogP contribution < -0.4 is 9.80 Å². The van der Waals surface area contributed by atoms with Crippen molar-refractivity contribution in [1.29, 1.82) is 5.26 Å². The number of benzene rings is 9. The Labute approximate surface area is 340 Å². The van der Waals surface area contributed by atoms with Crippen LogP contribution in [0.2, 0.25) is 0 Å². The molecule has 11 rings (SSSR count). The Morgan fingerprint density at radius 2 is 1.21 bits per heavy atom. The van der Waals surface area contributed by atoms with E-state index in [9.17, 15) is 5.26 Å². The molecule has 0 amide bonds. The van der Waals surface area contributed by atoms with Crippen molar-refractivity contribution in [2.45, 2.75) is 33.1 Å². The van der Waals surface area contributed by atoms with Gasteiger partial charge in [-0.05, 0) is 133 Å². The van der Waals surface area contributed by atoms with Crippen LogP contribution in [0.1, 0.15) is 43.4 Å². The summed E-state index contributed by atoms with van der Waals surface area (Å²) in [6, 6.07) is 61.8. The van der Waals surface area contributed by atoms with Crippen LogP contribution in [0.5, 0.6) is 0 Å². The van der Waals surface area contributed by atoms with Gasteiger partial charge < -0.3 is 9.80 Å². The minimum Gasteiger partial charge on any atom is -0.340 e. The number of hydrogen-bond acceptors (Lipinski definition) is 3. The molecule has 1 aliphatic heterocycles. The summed E-state index contributed by atoms with van der Waals surface area (Å²) in [4.78, 5) is 4.77. The summed E-state index contributed by atoms with van der Waals surface area (Å²) in [5.41, 5.74) is 12.8. The van der Waals surface area contributed by atoms with Gasteiger partial charge in [-0.3, -0.25) is 0 Å². The van der Waals surface area contributed by atoms with Gasteiger partial charge in [0.15, 0.2) is 0 Å². The lowest BCUT2D eigenvalue weighted by Gasteiger charge is -2.30. The SMILES string of the molecule is CC.N#Cc1ccccc1N(C1=CC=C(c2ccc3ccccc3c2)CC1)c1ccc(-c2ccc3ccc4c(N5CCc6ccccc65)ccc5ccc2c3c54)cc1. The number of rotatable bonds is 6. The zero-order chi connectivity index (χ0) is 39.2. The summed E-state index contributed by atoms with van der Waals surface area (Å²) in [7, 11) is 0. The maximum absolute atomic E-state index is 10.2. The number of anilines is 4. The fourth-order valence-electron chi connectivity index (χ4n) is 9.32. The van der Waals surface area contributed by atoms with Gasteiger partial charge in [0.25, 0.3) is 0 Å². The van der Waals surface area contributed by atoms with E-state index in [0.29, 0.717) is 5.56 Å². The van der Waals surface area contributed by atoms with Crippen molar-refractivity contribution in [3.05, 3.63) is 198 Å². The number of fused-ring (bicyclic) bond motifs is 2. The van der Waals surface area contributed by atoms with E-state index in [0.717, 1.165) is 37.2 Å². The predicted molar refractivity (Wildman–Crippen MR) is 247 cm³/mol. The summed E-state index contributed by atoms with van der Waals surface area (Å²) in [5.74, 6) is 0. The van der Waals surface area contributed by atoms with Gasteiger partial charge in [-0.25, -0.2) is 0 Å². The zero-order valence-corrected chi connectivity index (χ0v) is 32.9. The number of allylic oxidation sites excluding steroid dienone is 4. The molecule has 0 aromatic heterocycles. The molecular weight excluding hydrogens is 703 g/mol. The Morgan fingerprint density at radius 1 is 0.534 bits per heavy atom. The smallest absolute Gasteiger partial charge is 0.101 e. The highest BCUT2D eigenvalue weighted by molar-refractivity contribution is 6.27. The molecule has 58 heavy (non-hydrogen) atoms. The van der Waals surface area contributed by atoms with Crippen LogP contribution in [0.4, 0.5) is 22.7 Å². The van der Waals surface area contributed by atoms with Crippen molar-refractivity contribution in [2.24, 2.45) is 0 Å². The van der Waals surface area contributed by atoms with Gasteiger partial charge in [0.05, 0.1) is 11.3 Å². The van der Waals surface area contributed by atoms with E-state index >= 15 is 0 Å². The third-order valence-electron chi connectivity index (χ3n) is 12.1. The number of nitrogens with zero attached hydrogens (tertiary/aromatic N) is 3. The second-order valence-electron chi connectivity index (χ2n) is 15.1. The van der Waals surface area contributed by atoms with E-state index in [2.05, 4.69) is 174 Å². The van der Waals surface area contributed by atoms with Crippen LogP contribution in [0, 0.1) is 11.3 Å². The molecule has 0 atom stereocenters. The lowest BCUT2D eigenvalue weighted by molar-refractivity contribution is 0.929. The summed E-state index contributed by atoms with van der Waals surface area (Å²) < 4.78 is 0. The molecule has 0 unspecified atom stereocenters. The molecule has 9 aromatic carbocycles. The average molecular weight is 746 g/mol. The predicted octanol–water partition coefficient (Wildman–Crippen LogP) is 14.9. The van der Waals surface area contributed by atoms with Crippen LogP contribution in [-0.4, -0.2) is 6.54 Å². The highest BCUT2D eigenvalue weighted by Gasteiger charge is 2.24. The lowest BCUT2D eigenvalue weighted by atomic mass is 9.89. The molecule has 2 aliphatic rings. The largest absolute Gasteiger partial charge is 0.340 e. The normalized spacial score (nSPS) is 13.6. The Balaban J connectivity index is 0.00000201. The van der Waals surface area contributed by atoms with Crippen molar-refractivity contribution in [2.75, 3.05) is 16.3 Å². The number of hydrogen-bond donors (Lipinski definition) is 0. The molecule has 3 heteroatoms. The first kappa shape index (κ1) is 35.3. The fraction of sp³-hybridized carbons (Fsp3) is 0.109. The Bertz CT molecular complexity index is 3110. The van der Waals surface area contributed by atoms with E-state index in [1.54, 1.807) is 0 Å². The van der Waals surface area contributed by atoms with Gasteiger partial charge in [-0.2, -0.15) is 5.26 Å². The maximum atomic E-state index is 10.2. The van der Waals surface area contributed by atoms with Gasteiger partial charge in [0.2, 0.25) is 0 Å². The zero-order valence-electron chi connectivity index (χ0n) is 32.9. The summed E-state index contributed by atoms with van der Waals surface area (Å²) in [5, 5.41) is 20.5. The van der Waals surface area contributed by atoms with Crippen molar-refractivity contribution in [3.63, 3.8) is 0 Å². The summed E-state index contributed by atoms with van der Waals surface area (Å²) in [6.45, 7) is 5.00. The Hall–Kier alpha value is -7.15. The number of para-hydroxylation sites is 2. The van der Waals surface area contributed by atoms with Gasteiger partial charge in [0, 0.05) is 34.7 Å². The van der Waals surface area contributed by atoms with Gasteiger partial charge in [0.1, 0.15) is 6.07 Å². The Morgan fingerprint density at radius 3 is 2.02 bits per heavy atom. The lowest BCUT2D eigenvalue weighted by Crippen LogP contribution is -2.19. The van der Waals surface area contributed by atoms with E-state index in [1.807, 2.05) is 32.0 Å². The third-order valence-corrected chi connectivity index (χ3v) is 12.1. The molecule has 0 saturated carbocycles. The topological polar surface area (TPSA) is 30.3 Å². The second kappa shape index (κ2) is 14.7. The first-order valence-corrected chi connectivity index (χ1v) is 20.6.